The SMILES string of the molecule is Cc1cc2ncn(Cc3cn(CCCNC(=O)c4cc(C(=O)N5CCN(c6ccnc(-c7ccccc7)n6)CC5)ccn4)nn3)c2cc1C. The molecule has 248 valence electrons. The first-order valence-corrected chi connectivity index (χ1v) is 16.4. The summed E-state index contributed by atoms with van der Waals surface area (Å²) in [6.07, 6.45) is 7.68. The van der Waals surface area contributed by atoms with Gasteiger partial charge in [0, 0.05) is 62.8 Å². The van der Waals surface area contributed by atoms with Crippen LogP contribution in [0.15, 0.2) is 85.6 Å². The van der Waals surface area contributed by atoms with Crippen molar-refractivity contribution in [2.24, 2.45) is 0 Å². The molecule has 1 saturated heterocycles. The summed E-state index contributed by atoms with van der Waals surface area (Å²) < 4.78 is 3.85. The third-order valence-corrected chi connectivity index (χ3v) is 8.81. The fraction of sp³-hybridized carbons (Fsp3) is 0.278. The highest BCUT2D eigenvalue weighted by Gasteiger charge is 2.24. The first kappa shape index (κ1) is 31.6. The average molecular weight is 656 g/mol. The van der Waals surface area contributed by atoms with E-state index in [1.54, 1.807) is 27.9 Å². The number of carbonyl (C=O) groups is 2. The van der Waals surface area contributed by atoms with Crippen molar-refractivity contribution >= 4 is 28.7 Å². The van der Waals surface area contributed by atoms with Gasteiger partial charge in [0.05, 0.1) is 30.1 Å². The summed E-state index contributed by atoms with van der Waals surface area (Å²) in [4.78, 5) is 48.2. The lowest BCUT2D eigenvalue weighted by molar-refractivity contribution is 0.0746. The van der Waals surface area contributed by atoms with Crippen LogP contribution in [0.2, 0.25) is 0 Å². The summed E-state index contributed by atoms with van der Waals surface area (Å²) in [7, 11) is 0. The number of nitrogens with one attached hydrogen (secondary N) is 1. The van der Waals surface area contributed by atoms with Gasteiger partial charge in [-0.2, -0.15) is 0 Å². The maximum absolute atomic E-state index is 13.4. The monoisotopic (exact) mass is 655 g/mol. The molecule has 1 aliphatic heterocycles. The minimum absolute atomic E-state index is 0.125. The van der Waals surface area contributed by atoms with E-state index in [0.29, 0.717) is 63.6 Å². The van der Waals surface area contributed by atoms with Gasteiger partial charge in [0.25, 0.3) is 11.8 Å². The van der Waals surface area contributed by atoms with Gasteiger partial charge in [-0.15, -0.1) is 5.10 Å². The molecule has 0 aliphatic carbocycles. The Morgan fingerprint density at radius 1 is 0.878 bits per heavy atom. The Bertz CT molecular complexity index is 2100. The Hall–Kier alpha value is -5.98. The smallest absolute Gasteiger partial charge is 0.269 e. The Morgan fingerprint density at radius 2 is 1.67 bits per heavy atom. The van der Waals surface area contributed by atoms with Crippen molar-refractivity contribution in [3.8, 4) is 11.4 Å². The zero-order chi connectivity index (χ0) is 33.7. The van der Waals surface area contributed by atoms with E-state index in [1.165, 1.54) is 17.3 Å². The largest absolute Gasteiger partial charge is 0.353 e. The zero-order valence-corrected chi connectivity index (χ0v) is 27.5. The highest BCUT2D eigenvalue weighted by molar-refractivity contribution is 5.98. The van der Waals surface area contributed by atoms with Gasteiger partial charge in [-0.05, 0) is 61.7 Å². The van der Waals surface area contributed by atoms with Crippen LogP contribution in [-0.2, 0) is 13.1 Å². The molecule has 4 aromatic heterocycles. The van der Waals surface area contributed by atoms with Crippen molar-refractivity contribution < 1.29 is 9.59 Å². The van der Waals surface area contributed by atoms with Crippen LogP contribution in [0.1, 0.15) is 44.1 Å². The molecule has 5 heterocycles. The van der Waals surface area contributed by atoms with Crippen LogP contribution in [0.4, 0.5) is 5.82 Å². The van der Waals surface area contributed by atoms with E-state index < -0.39 is 0 Å². The van der Waals surface area contributed by atoms with Crippen molar-refractivity contribution in [2.75, 3.05) is 37.6 Å². The topological polar surface area (TPSA) is 140 Å². The van der Waals surface area contributed by atoms with Gasteiger partial charge in [0.15, 0.2) is 5.82 Å². The third kappa shape index (κ3) is 7.15. The predicted molar refractivity (Wildman–Crippen MR) is 185 cm³/mol. The summed E-state index contributed by atoms with van der Waals surface area (Å²) >= 11 is 0. The number of nitrogens with zero attached hydrogens (tertiary/aromatic N) is 10. The minimum Gasteiger partial charge on any atom is -0.353 e. The third-order valence-electron chi connectivity index (χ3n) is 8.81. The number of rotatable bonds is 10. The van der Waals surface area contributed by atoms with Crippen molar-refractivity contribution in [2.45, 2.75) is 33.4 Å². The number of piperazine rings is 1. The molecular formula is C36H37N11O2. The maximum Gasteiger partial charge on any atom is 0.269 e. The second-order valence-electron chi connectivity index (χ2n) is 12.2. The van der Waals surface area contributed by atoms with Crippen molar-refractivity contribution in [1.82, 2.24) is 49.7 Å². The fourth-order valence-electron chi connectivity index (χ4n) is 5.93. The zero-order valence-electron chi connectivity index (χ0n) is 27.5. The molecule has 0 atom stereocenters. The van der Waals surface area contributed by atoms with Crippen LogP contribution in [0.3, 0.4) is 0 Å². The number of carbonyl (C=O) groups excluding carboxylic acids is 2. The molecule has 2 aromatic carbocycles. The molecule has 1 aliphatic rings. The summed E-state index contributed by atoms with van der Waals surface area (Å²) in [6, 6.07) is 19.2. The minimum atomic E-state index is -0.325. The van der Waals surface area contributed by atoms with E-state index in [0.717, 1.165) is 28.1 Å². The molecule has 6 aromatic rings. The van der Waals surface area contributed by atoms with E-state index in [2.05, 4.69) is 66.0 Å². The van der Waals surface area contributed by atoms with E-state index in [1.807, 2.05) is 48.9 Å². The molecule has 0 bridgehead atoms. The molecule has 49 heavy (non-hydrogen) atoms. The molecule has 13 heteroatoms. The van der Waals surface area contributed by atoms with Crippen LogP contribution in [0, 0.1) is 13.8 Å². The molecule has 13 nitrogen and oxygen atoms in total. The predicted octanol–water partition coefficient (Wildman–Crippen LogP) is 3.93. The normalized spacial score (nSPS) is 13.2. The highest BCUT2D eigenvalue weighted by Crippen LogP contribution is 2.21. The molecule has 0 radical (unpaired) electrons. The molecule has 2 amide bonds. The van der Waals surface area contributed by atoms with E-state index in [-0.39, 0.29) is 17.5 Å². The molecule has 1 fully saturated rings. The number of amides is 2. The molecular weight excluding hydrogens is 618 g/mol. The van der Waals surface area contributed by atoms with E-state index in [4.69, 9.17) is 4.98 Å². The van der Waals surface area contributed by atoms with Gasteiger partial charge in [-0.25, -0.2) is 15.0 Å². The van der Waals surface area contributed by atoms with Gasteiger partial charge in [0.2, 0.25) is 0 Å². The second-order valence-corrected chi connectivity index (χ2v) is 12.2. The molecule has 0 spiro atoms. The van der Waals surface area contributed by atoms with E-state index >= 15 is 0 Å². The van der Waals surface area contributed by atoms with Crippen molar-refractivity contribution in [1.29, 1.82) is 0 Å². The highest BCUT2D eigenvalue weighted by atomic mass is 16.2. The van der Waals surface area contributed by atoms with Gasteiger partial charge in [0.1, 0.15) is 17.2 Å². The lowest BCUT2D eigenvalue weighted by atomic mass is 10.1. The first-order valence-electron chi connectivity index (χ1n) is 16.4. The summed E-state index contributed by atoms with van der Waals surface area (Å²) in [5.41, 5.74) is 6.91. The summed E-state index contributed by atoms with van der Waals surface area (Å²) in [6.45, 7) is 8.14. The number of hydrogen-bond donors (Lipinski definition) is 1. The number of benzene rings is 2. The van der Waals surface area contributed by atoms with Gasteiger partial charge < -0.3 is 19.7 Å². The van der Waals surface area contributed by atoms with Crippen LogP contribution < -0.4 is 10.2 Å². The fourth-order valence-corrected chi connectivity index (χ4v) is 5.93. The molecule has 1 N–H and O–H groups in total. The lowest BCUT2D eigenvalue weighted by Gasteiger charge is -2.35. The van der Waals surface area contributed by atoms with Crippen LogP contribution >= 0.6 is 0 Å². The van der Waals surface area contributed by atoms with Crippen LogP contribution in [-0.4, -0.2) is 88.9 Å². The standard InChI is InChI=1S/C36H37N11O2/c1-25-19-30-32(20-26(25)2)46(24-40-30)22-29-23-47(43-42-29)14-6-11-39-35(48)31-21-28(9-12-37-31)36(49)45-17-15-44(16-18-45)33-10-13-38-34(41-33)27-7-4-3-5-8-27/h3-5,7-10,12-13,19-21,23-24H,6,11,14-18,22H2,1-2H3,(H,39,48). The van der Waals surface area contributed by atoms with Gasteiger partial charge in [-0.1, -0.05) is 35.5 Å². The summed E-state index contributed by atoms with van der Waals surface area (Å²) in [5.74, 6) is 1.06. The number of imidazole rings is 1. The van der Waals surface area contributed by atoms with E-state index in [9.17, 15) is 9.59 Å². The number of aromatic nitrogens is 8. The van der Waals surface area contributed by atoms with Crippen molar-refractivity contribution in [3.63, 3.8) is 0 Å². The summed E-state index contributed by atoms with van der Waals surface area (Å²) in [5, 5.41) is 11.5. The van der Waals surface area contributed by atoms with Gasteiger partial charge >= 0.3 is 0 Å². The van der Waals surface area contributed by atoms with Gasteiger partial charge in [-0.3, -0.25) is 19.3 Å². The van der Waals surface area contributed by atoms with Crippen LogP contribution in [0.5, 0.6) is 0 Å². The number of pyridine rings is 1. The molecule has 0 unspecified atom stereocenters. The Morgan fingerprint density at radius 3 is 2.51 bits per heavy atom. The number of aryl methyl sites for hydroxylation is 3. The average Bonchev–Trinajstić information content (AvgIpc) is 3.76. The molecule has 7 rings (SSSR count). The number of fused-ring (bicyclic) bond motifs is 1. The first-order chi connectivity index (χ1) is 23.9. The quantitative estimate of drug-likeness (QED) is 0.218. The van der Waals surface area contributed by atoms with Crippen molar-refractivity contribution in [3.05, 3.63) is 114 Å². The maximum atomic E-state index is 13.4. The molecule has 0 saturated carbocycles. The lowest BCUT2D eigenvalue weighted by Crippen LogP contribution is -2.49. The Balaban J connectivity index is 0.879. The van der Waals surface area contributed by atoms with Crippen LogP contribution in [0.25, 0.3) is 22.4 Å². The second kappa shape index (κ2) is 14.0. The number of anilines is 1. The number of hydrogen-bond acceptors (Lipinski definition) is 9. The Labute approximate surface area is 283 Å². The Kier molecular flexibility index (Phi) is 9.04.